The Morgan fingerprint density at radius 2 is 1.69 bits per heavy atom. The summed E-state index contributed by atoms with van der Waals surface area (Å²) in [7, 11) is 0. The third-order valence-electron chi connectivity index (χ3n) is 3.95. The lowest BCUT2D eigenvalue weighted by Crippen LogP contribution is -2.23. The zero-order valence-electron chi connectivity index (χ0n) is 8.61. The first-order chi connectivity index (χ1) is 5.83. The number of fused-ring (bicyclic) bond motifs is 1. The van der Waals surface area contributed by atoms with Crippen LogP contribution in [0.2, 0.25) is 0 Å². The van der Waals surface area contributed by atoms with Gasteiger partial charge in [0.1, 0.15) is 0 Å². The van der Waals surface area contributed by atoms with Crippen molar-refractivity contribution in [2.24, 2.45) is 23.2 Å². The molecule has 0 aromatic rings. The van der Waals surface area contributed by atoms with Gasteiger partial charge in [-0.05, 0) is 42.4 Å². The lowest BCUT2D eigenvalue weighted by Gasteiger charge is -2.33. The predicted octanol–water partition coefficient (Wildman–Crippen LogP) is 4.56. The largest absolute Gasteiger partial charge is 0.0868 e. The molecule has 3 unspecified atom stereocenters. The van der Waals surface area contributed by atoms with Crippen molar-refractivity contribution < 1.29 is 0 Å². The van der Waals surface area contributed by atoms with Gasteiger partial charge >= 0.3 is 0 Å². The van der Waals surface area contributed by atoms with E-state index in [1.54, 1.807) is 0 Å². The summed E-state index contributed by atoms with van der Waals surface area (Å²) in [5.41, 5.74) is 0.504. The number of hydrogen-bond acceptors (Lipinski definition) is 0. The van der Waals surface area contributed by atoms with E-state index in [0.29, 0.717) is 8.65 Å². The van der Waals surface area contributed by atoms with Crippen LogP contribution in [0.4, 0.5) is 0 Å². The van der Waals surface area contributed by atoms with Gasteiger partial charge in [0.25, 0.3) is 0 Å². The molecule has 0 spiro atoms. The highest BCUT2D eigenvalue weighted by atomic mass is 79.9. The van der Waals surface area contributed by atoms with Crippen molar-refractivity contribution >= 4 is 31.9 Å². The Hall–Kier alpha value is 0.960. The lowest BCUT2D eigenvalue weighted by atomic mass is 9.72. The molecule has 0 aromatic heterocycles. The highest BCUT2D eigenvalue weighted by Crippen LogP contribution is 2.69. The maximum Gasteiger partial charge on any atom is 0.0868 e. The van der Waals surface area contributed by atoms with Crippen LogP contribution < -0.4 is 0 Å². The smallest absolute Gasteiger partial charge is 0.0721 e. The molecule has 13 heavy (non-hydrogen) atoms. The molecule has 2 aliphatic carbocycles. The van der Waals surface area contributed by atoms with Crippen LogP contribution in [-0.2, 0) is 0 Å². The molecule has 0 amide bonds. The molecular weight excluding hydrogens is 292 g/mol. The van der Waals surface area contributed by atoms with Crippen molar-refractivity contribution in [1.29, 1.82) is 0 Å². The Morgan fingerprint density at radius 3 is 2.15 bits per heavy atom. The van der Waals surface area contributed by atoms with E-state index < -0.39 is 0 Å². The van der Waals surface area contributed by atoms with Crippen molar-refractivity contribution in [3.05, 3.63) is 0 Å². The zero-order chi connectivity index (χ0) is 9.85. The summed E-state index contributed by atoms with van der Waals surface area (Å²) >= 11 is 7.58. The first-order valence-corrected chi connectivity index (χ1v) is 6.80. The molecule has 0 radical (unpaired) electrons. The molecule has 0 saturated heterocycles. The fourth-order valence-electron chi connectivity index (χ4n) is 2.77. The molecular formula is C11H18Br2. The lowest BCUT2D eigenvalue weighted by molar-refractivity contribution is 0.173. The van der Waals surface area contributed by atoms with Crippen LogP contribution in [0.5, 0.6) is 0 Å². The van der Waals surface area contributed by atoms with Crippen LogP contribution in [-0.4, -0.2) is 3.23 Å². The van der Waals surface area contributed by atoms with E-state index in [-0.39, 0.29) is 0 Å². The number of alkyl halides is 2. The normalized spacial score (nSPS) is 42.7. The van der Waals surface area contributed by atoms with E-state index >= 15 is 0 Å². The Labute approximate surface area is 98.1 Å². The minimum atomic E-state index is 0.319. The fourth-order valence-corrected chi connectivity index (χ4v) is 4.61. The number of rotatable bonds is 0. The van der Waals surface area contributed by atoms with Gasteiger partial charge in [0, 0.05) is 0 Å². The maximum absolute atomic E-state index is 3.79. The van der Waals surface area contributed by atoms with Crippen LogP contribution in [0.25, 0.3) is 0 Å². The standard InChI is InChI=1S/C11H18Br2/c1-10(2,3)7-4-5-8-9(6-7)11(8,12)13/h7-9H,4-6H2,1-3H3. The van der Waals surface area contributed by atoms with Gasteiger partial charge in [-0.2, -0.15) is 0 Å². The monoisotopic (exact) mass is 308 g/mol. The summed E-state index contributed by atoms with van der Waals surface area (Å²) in [5, 5.41) is 0. The van der Waals surface area contributed by atoms with Gasteiger partial charge in [-0.3, -0.25) is 0 Å². The Kier molecular flexibility index (Phi) is 2.40. The summed E-state index contributed by atoms with van der Waals surface area (Å²) in [5.74, 6) is 2.72. The van der Waals surface area contributed by atoms with E-state index in [1.807, 2.05) is 0 Å². The van der Waals surface area contributed by atoms with Gasteiger partial charge in [-0.15, -0.1) is 0 Å². The minimum Gasteiger partial charge on any atom is -0.0721 e. The van der Waals surface area contributed by atoms with Gasteiger partial charge in [-0.25, -0.2) is 0 Å². The van der Waals surface area contributed by atoms with Crippen molar-refractivity contribution in [1.82, 2.24) is 0 Å². The Balaban J connectivity index is 2.01. The minimum absolute atomic E-state index is 0.319. The summed E-state index contributed by atoms with van der Waals surface area (Å²) in [4.78, 5) is 0. The quantitative estimate of drug-likeness (QED) is 0.575. The molecule has 0 bridgehead atoms. The molecule has 76 valence electrons. The highest BCUT2D eigenvalue weighted by Gasteiger charge is 2.63. The van der Waals surface area contributed by atoms with Crippen molar-refractivity contribution in [3.63, 3.8) is 0 Å². The topological polar surface area (TPSA) is 0 Å². The van der Waals surface area contributed by atoms with Crippen LogP contribution in [0.1, 0.15) is 40.0 Å². The molecule has 0 aromatic carbocycles. The van der Waals surface area contributed by atoms with Gasteiger partial charge < -0.3 is 0 Å². The molecule has 2 saturated carbocycles. The first-order valence-electron chi connectivity index (χ1n) is 5.21. The average Bonchev–Trinajstić information content (AvgIpc) is 2.53. The molecule has 3 atom stereocenters. The van der Waals surface area contributed by atoms with E-state index in [0.717, 1.165) is 17.8 Å². The van der Waals surface area contributed by atoms with Crippen molar-refractivity contribution in [2.75, 3.05) is 0 Å². The van der Waals surface area contributed by atoms with E-state index in [4.69, 9.17) is 0 Å². The second kappa shape index (κ2) is 2.98. The zero-order valence-corrected chi connectivity index (χ0v) is 11.8. The fraction of sp³-hybridized carbons (Fsp3) is 1.00. The molecule has 2 rings (SSSR count). The highest BCUT2D eigenvalue weighted by molar-refractivity contribution is 9.25. The van der Waals surface area contributed by atoms with Crippen molar-refractivity contribution in [3.8, 4) is 0 Å². The van der Waals surface area contributed by atoms with E-state index in [9.17, 15) is 0 Å². The number of halogens is 2. The van der Waals surface area contributed by atoms with E-state index in [2.05, 4.69) is 52.6 Å². The molecule has 0 heterocycles. The molecule has 0 N–H and O–H groups in total. The predicted molar refractivity (Wildman–Crippen MR) is 64.4 cm³/mol. The SMILES string of the molecule is CC(C)(C)C1CCC2C(C1)C2(Br)Br. The molecule has 0 aliphatic heterocycles. The molecule has 0 nitrogen and oxygen atoms in total. The molecule has 2 fully saturated rings. The molecule has 2 aliphatic rings. The van der Waals surface area contributed by atoms with Crippen molar-refractivity contribution in [2.45, 2.75) is 43.3 Å². The van der Waals surface area contributed by atoms with Crippen LogP contribution in [0, 0.1) is 23.2 Å². The van der Waals surface area contributed by atoms with E-state index in [1.165, 1.54) is 19.3 Å². The third kappa shape index (κ3) is 1.73. The first kappa shape index (κ1) is 10.5. The Bertz CT molecular complexity index is 215. The summed E-state index contributed by atoms with van der Waals surface area (Å²) in [6.45, 7) is 7.14. The van der Waals surface area contributed by atoms with Crippen LogP contribution >= 0.6 is 31.9 Å². The van der Waals surface area contributed by atoms with Gasteiger partial charge in [0.05, 0.1) is 3.23 Å². The van der Waals surface area contributed by atoms with Crippen LogP contribution in [0.3, 0.4) is 0 Å². The second-order valence-electron chi connectivity index (χ2n) is 5.76. The van der Waals surface area contributed by atoms with Crippen LogP contribution in [0.15, 0.2) is 0 Å². The number of hydrogen-bond donors (Lipinski definition) is 0. The second-order valence-corrected chi connectivity index (χ2v) is 9.45. The molecule has 2 heteroatoms. The van der Waals surface area contributed by atoms with Gasteiger partial charge in [-0.1, -0.05) is 52.6 Å². The third-order valence-corrected chi connectivity index (χ3v) is 6.31. The summed E-state index contributed by atoms with van der Waals surface area (Å²) in [6, 6.07) is 0. The Morgan fingerprint density at radius 1 is 1.08 bits per heavy atom. The summed E-state index contributed by atoms with van der Waals surface area (Å²) in [6.07, 6.45) is 4.23. The van der Waals surface area contributed by atoms with Gasteiger partial charge in [0.15, 0.2) is 0 Å². The summed E-state index contributed by atoms with van der Waals surface area (Å²) < 4.78 is 0.319. The average molecular weight is 310 g/mol. The van der Waals surface area contributed by atoms with Gasteiger partial charge in [0.2, 0.25) is 0 Å². The maximum atomic E-state index is 3.79.